The molecule has 0 N–H and O–H groups in total. The topological polar surface area (TPSA) is 48.5 Å². The number of rotatable bonds is 7. The molecule has 0 saturated carbocycles. The Labute approximate surface area is 377 Å². The van der Waals surface area contributed by atoms with Crippen molar-refractivity contribution in [2.75, 3.05) is 0 Å². The molecule has 0 saturated heterocycles. The Hall–Kier alpha value is -8.41. The van der Waals surface area contributed by atoms with E-state index in [1.54, 1.807) is 0 Å². The minimum atomic E-state index is 0.595. The Morgan fingerprint density at radius 2 is 0.754 bits per heavy atom. The molecular formula is C60H43N5. The van der Waals surface area contributed by atoms with E-state index in [4.69, 9.17) is 15.0 Å². The average molecular weight is 834 g/mol. The normalized spacial score (nSPS) is 11.6. The van der Waals surface area contributed by atoms with E-state index in [9.17, 15) is 0 Å². The minimum absolute atomic E-state index is 0.595. The quantitative estimate of drug-likeness (QED) is 0.161. The zero-order chi connectivity index (χ0) is 43.6. The van der Waals surface area contributed by atoms with Gasteiger partial charge in [0.15, 0.2) is 17.5 Å². The van der Waals surface area contributed by atoms with Crippen LogP contribution in [-0.4, -0.2) is 24.1 Å². The molecule has 5 nitrogen and oxygen atoms in total. The summed E-state index contributed by atoms with van der Waals surface area (Å²) in [5.74, 6) is 1.83. The van der Waals surface area contributed by atoms with Crippen LogP contribution in [0.1, 0.15) is 16.7 Å². The van der Waals surface area contributed by atoms with Gasteiger partial charge < -0.3 is 9.13 Å². The zero-order valence-electron chi connectivity index (χ0n) is 36.4. The minimum Gasteiger partial charge on any atom is -0.309 e. The number of aromatic nitrogens is 5. The van der Waals surface area contributed by atoms with E-state index in [1.165, 1.54) is 49.4 Å². The fourth-order valence-corrected chi connectivity index (χ4v) is 10.1. The molecule has 0 radical (unpaired) electrons. The van der Waals surface area contributed by atoms with Crippen LogP contribution < -0.4 is 0 Å². The molecule has 0 aliphatic rings. The molecule has 0 fully saturated rings. The molecule has 12 aromatic rings. The molecule has 3 aromatic heterocycles. The highest BCUT2D eigenvalue weighted by atomic mass is 15.1. The lowest BCUT2D eigenvalue weighted by Crippen LogP contribution is -2.04. The summed E-state index contributed by atoms with van der Waals surface area (Å²) >= 11 is 0. The second-order valence-corrected chi connectivity index (χ2v) is 17.0. The summed E-state index contributed by atoms with van der Waals surface area (Å²) in [7, 11) is 0. The Kier molecular flexibility index (Phi) is 9.09. The third kappa shape index (κ3) is 6.43. The van der Waals surface area contributed by atoms with Crippen LogP contribution >= 0.6 is 0 Å². The number of hydrogen-bond donors (Lipinski definition) is 0. The third-order valence-corrected chi connectivity index (χ3v) is 12.9. The monoisotopic (exact) mass is 833 g/mol. The molecule has 308 valence electrons. The summed E-state index contributed by atoms with van der Waals surface area (Å²) in [6.45, 7) is 6.61. The molecular weight excluding hydrogens is 791 g/mol. The average Bonchev–Trinajstić information content (AvgIpc) is 3.86. The largest absolute Gasteiger partial charge is 0.309 e. The van der Waals surface area contributed by atoms with Crippen molar-refractivity contribution in [3.8, 4) is 67.8 Å². The lowest BCUT2D eigenvalue weighted by atomic mass is 9.93. The van der Waals surface area contributed by atoms with Gasteiger partial charge in [-0.1, -0.05) is 163 Å². The predicted octanol–water partition coefficient (Wildman–Crippen LogP) is 15.3. The molecule has 9 aromatic carbocycles. The highest BCUT2D eigenvalue weighted by Crippen LogP contribution is 2.42. The highest BCUT2D eigenvalue weighted by Gasteiger charge is 2.23. The smallest absolute Gasteiger partial charge is 0.166 e. The zero-order valence-corrected chi connectivity index (χ0v) is 36.4. The molecule has 0 aliphatic carbocycles. The standard InChI is InChI=1S/C60H43N5/c1-38-34-39(2)57(40(3)35-38)44-31-33-55-49(37-44)48-25-13-17-29-54(48)65(55)56-32-30-43(45-22-10-14-26-51(45)64-52-27-15-11-23-46(52)47-24-12-16-28-53(47)64)36-50(56)60-62-58(41-18-6-4-7-19-41)61-59(63-60)42-20-8-5-9-21-42/h4-37H,1-3H3. The van der Waals surface area contributed by atoms with Gasteiger partial charge in [-0.2, -0.15) is 0 Å². The van der Waals surface area contributed by atoms with Gasteiger partial charge in [0.2, 0.25) is 0 Å². The van der Waals surface area contributed by atoms with E-state index in [0.717, 1.165) is 61.3 Å². The number of aryl methyl sites for hydroxylation is 3. The lowest BCUT2D eigenvalue weighted by molar-refractivity contribution is 1.06. The van der Waals surface area contributed by atoms with Crippen LogP contribution in [0.3, 0.4) is 0 Å². The van der Waals surface area contributed by atoms with Crippen molar-refractivity contribution in [3.63, 3.8) is 0 Å². The van der Waals surface area contributed by atoms with E-state index in [0.29, 0.717) is 17.5 Å². The first-order valence-corrected chi connectivity index (χ1v) is 22.2. The fraction of sp³-hybridized carbons (Fsp3) is 0.0500. The molecule has 5 heteroatoms. The van der Waals surface area contributed by atoms with Crippen molar-refractivity contribution in [3.05, 3.63) is 223 Å². The van der Waals surface area contributed by atoms with Crippen LogP contribution in [0.15, 0.2) is 206 Å². The van der Waals surface area contributed by atoms with Crippen LogP contribution in [0.5, 0.6) is 0 Å². The van der Waals surface area contributed by atoms with Gasteiger partial charge in [0, 0.05) is 43.8 Å². The number of benzene rings is 9. The van der Waals surface area contributed by atoms with E-state index < -0.39 is 0 Å². The van der Waals surface area contributed by atoms with Gasteiger partial charge in [-0.25, -0.2) is 15.0 Å². The summed E-state index contributed by atoms with van der Waals surface area (Å²) in [5.41, 5.74) is 17.9. The molecule has 0 aliphatic heterocycles. The summed E-state index contributed by atoms with van der Waals surface area (Å²) in [6.07, 6.45) is 0. The molecule has 3 heterocycles. The SMILES string of the molecule is Cc1cc(C)c(-c2ccc3c(c2)c2ccccc2n3-c2ccc(-c3ccccc3-n3c4ccccc4c4ccccc43)cc2-c2nc(-c3ccccc3)nc(-c3ccccc3)n2)c(C)c1. The maximum atomic E-state index is 5.36. The Balaban J connectivity index is 1.15. The van der Waals surface area contributed by atoms with Crippen LogP contribution in [-0.2, 0) is 0 Å². The molecule has 0 unspecified atom stereocenters. The van der Waals surface area contributed by atoms with Crippen molar-refractivity contribution < 1.29 is 0 Å². The first-order chi connectivity index (χ1) is 32.0. The molecule has 65 heavy (non-hydrogen) atoms. The predicted molar refractivity (Wildman–Crippen MR) is 270 cm³/mol. The van der Waals surface area contributed by atoms with E-state index in [1.807, 2.05) is 36.4 Å². The van der Waals surface area contributed by atoms with Crippen LogP contribution in [0.2, 0.25) is 0 Å². The number of hydrogen-bond acceptors (Lipinski definition) is 3. The van der Waals surface area contributed by atoms with E-state index in [2.05, 4.69) is 200 Å². The first-order valence-electron chi connectivity index (χ1n) is 22.2. The van der Waals surface area contributed by atoms with Crippen LogP contribution in [0, 0.1) is 20.8 Å². The van der Waals surface area contributed by atoms with Gasteiger partial charge in [0.1, 0.15) is 0 Å². The maximum Gasteiger partial charge on any atom is 0.166 e. The third-order valence-electron chi connectivity index (χ3n) is 12.9. The fourth-order valence-electron chi connectivity index (χ4n) is 10.1. The molecule has 0 bridgehead atoms. The van der Waals surface area contributed by atoms with E-state index >= 15 is 0 Å². The summed E-state index contributed by atoms with van der Waals surface area (Å²) < 4.78 is 4.80. The molecule has 0 spiro atoms. The van der Waals surface area contributed by atoms with E-state index in [-0.39, 0.29) is 0 Å². The second-order valence-electron chi connectivity index (χ2n) is 17.0. The number of para-hydroxylation sites is 4. The lowest BCUT2D eigenvalue weighted by Gasteiger charge is -2.18. The van der Waals surface area contributed by atoms with Crippen molar-refractivity contribution in [2.45, 2.75) is 20.8 Å². The van der Waals surface area contributed by atoms with Gasteiger partial charge in [-0.3, -0.25) is 0 Å². The molecule has 0 atom stereocenters. The van der Waals surface area contributed by atoms with Crippen molar-refractivity contribution in [1.82, 2.24) is 24.1 Å². The molecule has 12 rings (SSSR count). The Bertz CT molecular complexity index is 3670. The highest BCUT2D eigenvalue weighted by molar-refractivity contribution is 6.12. The second kappa shape index (κ2) is 15.4. The first kappa shape index (κ1) is 38.3. The van der Waals surface area contributed by atoms with Gasteiger partial charge in [0.05, 0.1) is 33.4 Å². The number of fused-ring (bicyclic) bond motifs is 6. The summed E-state index contributed by atoms with van der Waals surface area (Å²) in [5, 5.41) is 4.82. The van der Waals surface area contributed by atoms with Crippen molar-refractivity contribution >= 4 is 43.6 Å². The summed E-state index contributed by atoms with van der Waals surface area (Å²) in [4.78, 5) is 15.8. The van der Waals surface area contributed by atoms with Crippen LogP contribution in [0.4, 0.5) is 0 Å². The van der Waals surface area contributed by atoms with Crippen molar-refractivity contribution in [1.29, 1.82) is 0 Å². The Morgan fingerprint density at radius 3 is 1.34 bits per heavy atom. The van der Waals surface area contributed by atoms with Gasteiger partial charge >= 0.3 is 0 Å². The van der Waals surface area contributed by atoms with Gasteiger partial charge in [0.25, 0.3) is 0 Å². The van der Waals surface area contributed by atoms with Crippen molar-refractivity contribution in [2.24, 2.45) is 0 Å². The summed E-state index contributed by atoms with van der Waals surface area (Å²) in [6, 6.07) is 73.6. The maximum absolute atomic E-state index is 5.36. The van der Waals surface area contributed by atoms with Crippen LogP contribution in [0.25, 0.3) is 111 Å². The number of nitrogens with zero attached hydrogens (tertiary/aromatic N) is 5. The van der Waals surface area contributed by atoms with Gasteiger partial charge in [-0.05, 0) is 97.1 Å². The molecule has 0 amide bonds. The Morgan fingerprint density at radius 1 is 0.308 bits per heavy atom. The van der Waals surface area contributed by atoms with Gasteiger partial charge in [-0.15, -0.1) is 0 Å².